The van der Waals surface area contributed by atoms with Crippen molar-refractivity contribution >= 4 is 29.1 Å². The molecular weight excluding hydrogens is 390 g/mol. The second-order valence-corrected chi connectivity index (χ2v) is 8.26. The highest BCUT2D eigenvalue weighted by Gasteiger charge is 2.15. The molecule has 0 saturated heterocycles. The first-order valence-corrected chi connectivity index (χ1v) is 10.7. The van der Waals surface area contributed by atoms with Gasteiger partial charge in [-0.15, -0.1) is 0 Å². The zero-order chi connectivity index (χ0) is 22.4. The van der Waals surface area contributed by atoms with Crippen molar-refractivity contribution in [3.8, 4) is 0 Å². The zero-order valence-corrected chi connectivity index (χ0v) is 18.6. The Morgan fingerprint density at radius 2 is 1.77 bits per heavy atom. The molecule has 0 fully saturated rings. The van der Waals surface area contributed by atoms with Gasteiger partial charge in [0.1, 0.15) is 0 Å². The summed E-state index contributed by atoms with van der Waals surface area (Å²) in [5.74, 6) is 0.441. The van der Waals surface area contributed by atoms with Gasteiger partial charge in [0, 0.05) is 41.6 Å². The minimum atomic E-state index is -0.186. The number of hydrogen-bond acceptors (Lipinski definition) is 5. The van der Waals surface area contributed by atoms with Gasteiger partial charge in [-0.25, -0.2) is 0 Å². The average molecular weight is 422 g/mol. The number of nitrogens with one attached hydrogen (secondary N) is 4. The lowest BCUT2D eigenvalue weighted by molar-refractivity contribution is 0.0941. The van der Waals surface area contributed by atoms with Crippen molar-refractivity contribution in [2.75, 3.05) is 18.4 Å². The van der Waals surface area contributed by atoms with Crippen LogP contribution in [0.3, 0.4) is 0 Å². The van der Waals surface area contributed by atoms with Gasteiger partial charge in [-0.1, -0.05) is 19.9 Å². The van der Waals surface area contributed by atoms with Crippen molar-refractivity contribution in [3.05, 3.63) is 59.2 Å². The maximum Gasteiger partial charge on any atom is 0.257 e. The molecule has 2 aromatic rings. The molecule has 2 amide bonds. The van der Waals surface area contributed by atoms with E-state index in [1.54, 1.807) is 12.1 Å². The first-order chi connectivity index (χ1) is 14.8. The Balaban J connectivity index is 1.79. The third-order valence-electron chi connectivity index (χ3n) is 4.89. The molecular formula is C24H31N5O2. The summed E-state index contributed by atoms with van der Waals surface area (Å²) in [6, 6.07) is 13.1. The van der Waals surface area contributed by atoms with Crippen LogP contribution in [0, 0.1) is 0 Å². The SMILES string of the molecule is CC(C)NC(=O)c1cccc(Nc2ccc(C(=O)NC3=NCCCN3)cc2C(C)C)c1. The molecule has 1 heterocycles. The molecule has 3 rings (SSSR count). The van der Waals surface area contributed by atoms with E-state index in [2.05, 4.69) is 40.1 Å². The van der Waals surface area contributed by atoms with Crippen LogP contribution in [0.25, 0.3) is 0 Å². The van der Waals surface area contributed by atoms with Gasteiger partial charge in [-0.3, -0.25) is 19.9 Å². The summed E-state index contributed by atoms with van der Waals surface area (Å²) in [7, 11) is 0. The van der Waals surface area contributed by atoms with E-state index in [-0.39, 0.29) is 23.8 Å². The van der Waals surface area contributed by atoms with Crippen molar-refractivity contribution in [1.29, 1.82) is 0 Å². The molecule has 2 aromatic carbocycles. The van der Waals surface area contributed by atoms with E-state index in [4.69, 9.17) is 0 Å². The second-order valence-electron chi connectivity index (χ2n) is 8.26. The first kappa shape index (κ1) is 22.3. The van der Waals surface area contributed by atoms with Gasteiger partial charge in [0.2, 0.25) is 0 Å². The van der Waals surface area contributed by atoms with Gasteiger partial charge in [-0.2, -0.15) is 0 Å². The molecule has 31 heavy (non-hydrogen) atoms. The summed E-state index contributed by atoms with van der Waals surface area (Å²) in [5.41, 5.74) is 3.91. The van der Waals surface area contributed by atoms with E-state index in [0.29, 0.717) is 17.1 Å². The number of nitrogens with zero attached hydrogens (tertiary/aromatic N) is 1. The molecule has 0 atom stereocenters. The normalized spacial score (nSPS) is 13.4. The number of amides is 2. The second kappa shape index (κ2) is 10.1. The molecule has 1 aliphatic rings. The molecule has 0 spiro atoms. The highest BCUT2D eigenvalue weighted by atomic mass is 16.2. The molecule has 0 aromatic heterocycles. The largest absolute Gasteiger partial charge is 0.356 e. The van der Waals surface area contributed by atoms with E-state index >= 15 is 0 Å². The van der Waals surface area contributed by atoms with Crippen LogP contribution in [0.1, 0.15) is 66.3 Å². The number of carbonyl (C=O) groups excluding carboxylic acids is 2. The summed E-state index contributed by atoms with van der Waals surface area (Å²) in [5, 5.41) is 12.3. The van der Waals surface area contributed by atoms with Gasteiger partial charge >= 0.3 is 0 Å². The van der Waals surface area contributed by atoms with Crippen molar-refractivity contribution in [2.45, 2.75) is 46.1 Å². The van der Waals surface area contributed by atoms with Crippen LogP contribution < -0.4 is 21.3 Å². The summed E-state index contributed by atoms with van der Waals surface area (Å²) in [6.45, 7) is 9.57. The van der Waals surface area contributed by atoms with Crippen molar-refractivity contribution in [2.24, 2.45) is 4.99 Å². The lowest BCUT2D eigenvalue weighted by Gasteiger charge is -2.18. The minimum absolute atomic E-state index is 0.0742. The lowest BCUT2D eigenvalue weighted by Crippen LogP contribution is -2.43. The predicted molar refractivity (Wildman–Crippen MR) is 125 cm³/mol. The number of hydrogen-bond donors (Lipinski definition) is 4. The van der Waals surface area contributed by atoms with E-state index in [9.17, 15) is 9.59 Å². The molecule has 0 saturated carbocycles. The third-order valence-corrected chi connectivity index (χ3v) is 4.89. The van der Waals surface area contributed by atoms with E-state index in [1.807, 2.05) is 44.2 Å². The highest BCUT2D eigenvalue weighted by Crippen LogP contribution is 2.28. The molecule has 164 valence electrons. The Hall–Kier alpha value is -3.35. The highest BCUT2D eigenvalue weighted by molar-refractivity contribution is 6.06. The molecule has 0 radical (unpaired) electrons. The first-order valence-electron chi connectivity index (χ1n) is 10.7. The Morgan fingerprint density at radius 1 is 1.00 bits per heavy atom. The topological polar surface area (TPSA) is 94.6 Å². The molecule has 4 N–H and O–H groups in total. The van der Waals surface area contributed by atoms with E-state index < -0.39 is 0 Å². The Bertz CT molecular complexity index is 982. The minimum Gasteiger partial charge on any atom is -0.356 e. The Morgan fingerprint density at radius 3 is 2.45 bits per heavy atom. The molecule has 1 aliphatic heterocycles. The molecule has 7 heteroatoms. The van der Waals surface area contributed by atoms with Gasteiger partial charge in [0.05, 0.1) is 0 Å². The van der Waals surface area contributed by atoms with Crippen molar-refractivity contribution < 1.29 is 9.59 Å². The fourth-order valence-corrected chi connectivity index (χ4v) is 3.33. The average Bonchev–Trinajstić information content (AvgIpc) is 2.74. The predicted octanol–water partition coefficient (Wildman–Crippen LogP) is 3.77. The number of benzene rings is 2. The lowest BCUT2D eigenvalue weighted by atomic mass is 9.98. The number of aliphatic imine (C=N–C) groups is 1. The monoisotopic (exact) mass is 421 g/mol. The van der Waals surface area contributed by atoms with Crippen molar-refractivity contribution in [3.63, 3.8) is 0 Å². The maximum absolute atomic E-state index is 12.7. The van der Waals surface area contributed by atoms with Gasteiger partial charge in [0.15, 0.2) is 5.96 Å². The Kier molecular flexibility index (Phi) is 7.28. The third kappa shape index (κ3) is 6.07. The molecule has 0 unspecified atom stereocenters. The van der Waals surface area contributed by atoms with Crippen LogP contribution in [0.2, 0.25) is 0 Å². The standard InChI is InChI=1S/C24H31N5O2/c1-15(2)20-14-18(23(31)29-24-25-11-6-12-26-24)9-10-21(20)28-19-8-5-7-17(13-19)22(30)27-16(3)4/h5,7-10,13-16,28H,6,11-12H2,1-4H3,(H,27,30)(H2,25,26,29,31). The number of rotatable bonds is 6. The zero-order valence-electron chi connectivity index (χ0n) is 18.6. The number of anilines is 2. The van der Waals surface area contributed by atoms with Gasteiger partial charge < -0.3 is 16.0 Å². The maximum atomic E-state index is 12.7. The fraction of sp³-hybridized carbons (Fsp3) is 0.375. The quantitative estimate of drug-likeness (QED) is 0.571. The molecule has 7 nitrogen and oxygen atoms in total. The van der Waals surface area contributed by atoms with Crippen molar-refractivity contribution in [1.82, 2.24) is 16.0 Å². The smallest absolute Gasteiger partial charge is 0.257 e. The van der Waals surface area contributed by atoms with Crippen LogP contribution in [0.15, 0.2) is 47.5 Å². The number of carbonyl (C=O) groups is 2. The van der Waals surface area contributed by atoms with Crippen LogP contribution in [0.4, 0.5) is 11.4 Å². The van der Waals surface area contributed by atoms with Crippen LogP contribution in [-0.4, -0.2) is 36.9 Å². The van der Waals surface area contributed by atoms with Crippen LogP contribution in [0.5, 0.6) is 0 Å². The number of guanidine groups is 1. The molecule has 0 aliphatic carbocycles. The summed E-state index contributed by atoms with van der Waals surface area (Å²) in [4.78, 5) is 29.3. The summed E-state index contributed by atoms with van der Waals surface area (Å²) in [6.07, 6.45) is 0.970. The summed E-state index contributed by atoms with van der Waals surface area (Å²) >= 11 is 0. The molecule has 0 bridgehead atoms. The summed E-state index contributed by atoms with van der Waals surface area (Å²) < 4.78 is 0. The Labute approximate surface area is 183 Å². The van der Waals surface area contributed by atoms with E-state index in [0.717, 1.165) is 36.4 Å². The van der Waals surface area contributed by atoms with Crippen LogP contribution >= 0.6 is 0 Å². The van der Waals surface area contributed by atoms with Gasteiger partial charge in [0.25, 0.3) is 11.8 Å². The van der Waals surface area contributed by atoms with Crippen LogP contribution in [-0.2, 0) is 0 Å². The fourth-order valence-electron chi connectivity index (χ4n) is 3.33. The van der Waals surface area contributed by atoms with E-state index in [1.165, 1.54) is 0 Å². The van der Waals surface area contributed by atoms with Gasteiger partial charge in [-0.05, 0) is 68.1 Å².